The molecule has 3 nitrogen and oxygen atoms in total. The average Bonchev–Trinajstić information content (AvgIpc) is 2.30. The normalized spacial score (nSPS) is 12.2. The predicted octanol–water partition coefficient (Wildman–Crippen LogP) is 2.79. The summed E-state index contributed by atoms with van der Waals surface area (Å²) in [4.78, 5) is 11.9. The van der Waals surface area contributed by atoms with Gasteiger partial charge in [-0.3, -0.25) is 4.79 Å². The number of alkyl halides is 1. The number of hydrogen-bond acceptors (Lipinski definition) is 2. The molecule has 0 aliphatic heterocycles. The molecule has 1 atom stereocenters. The van der Waals surface area contributed by atoms with Gasteiger partial charge in [-0.1, -0.05) is 27.5 Å². The molecule has 1 aromatic carbocycles. The highest BCUT2D eigenvalue weighted by Crippen LogP contribution is 2.16. The fourth-order valence-corrected chi connectivity index (χ4v) is 1.87. The van der Waals surface area contributed by atoms with E-state index in [9.17, 15) is 4.79 Å². The lowest BCUT2D eigenvalue weighted by atomic mass is 10.1. The summed E-state index contributed by atoms with van der Waals surface area (Å²) in [5, 5.41) is 3.49. The molecule has 0 fully saturated rings. The van der Waals surface area contributed by atoms with E-state index in [1.54, 1.807) is 25.3 Å². The lowest BCUT2D eigenvalue weighted by Gasteiger charge is -2.10. The molecular weight excluding hydrogens is 305 g/mol. The topological polar surface area (TPSA) is 38.3 Å². The van der Waals surface area contributed by atoms with Crippen LogP contribution >= 0.6 is 27.5 Å². The lowest BCUT2D eigenvalue weighted by Crippen LogP contribution is -2.31. The van der Waals surface area contributed by atoms with Gasteiger partial charge in [-0.25, -0.2) is 0 Å². The molecule has 1 amide bonds. The van der Waals surface area contributed by atoms with Crippen LogP contribution in [0.25, 0.3) is 0 Å². The first kappa shape index (κ1) is 14.5. The van der Waals surface area contributed by atoms with Crippen LogP contribution in [0.3, 0.4) is 0 Å². The molecular formula is C12H15BrClNO2. The molecule has 5 heteroatoms. The molecule has 1 N–H and O–H groups in total. The number of carbonyl (C=O) groups is 1. The van der Waals surface area contributed by atoms with Crippen molar-refractivity contribution in [3.05, 3.63) is 34.3 Å². The van der Waals surface area contributed by atoms with E-state index in [0.29, 0.717) is 23.7 Å². The van der Waals surface area contributed by atoms with Gasteiger partial charge in [0.05, 0.1) is 11.4 Å². The van der Waals surface area contributed by atoms with Crippen molar-refractivity contribution in [3.8, 4) is 0 Å². The summed E-state index contributed by atoms with van der Waals surface area (Å²) in [5.41, 5.74) is 1.51. The Kier molecular flexibility index (Phi) is 5.95. The first-order chi connectivity index (χ1) is 8.04. The Hall–Kier alpha value is -0.580. The van der Waals surface area contributed by atoms with Gasteiger partial charge in [0.25, 0.3) is 5.91 Å². The second kappa shape index (κ2) is 6.99. The van der Waals surface area contributed by atoms with E-state index in [0.717, 1.165) is 5.56 Å². The highest BCUT2D eigenvalue weighted by atomic mass is 79.9. The molecule has 0 aromatic heterocycles. The molecule has 0 aliphatic carbocycles. The Morgan fingerprint density at radius 2 is 2.29 bits per heavy atom. The maximum atomic E-state index is 11.8. The molecule has 0 radical (unpaired) electrons. The average molecular weight is 321 g/mol. The molecule has 0 heterocycles. The third-order valence-electron chi connectivity index (χ3n) is 2.25. The van der Waals surface area contributed by atoms with E-state index in [2.05, 4.69) is 21.2 Å². The van der Waals surface area contributed by atoms with E-state index < -0.39 is 0 Å². The van der Waals surface area contributed by atoms with Gasteiger partial charge in [0, 0.05) is 24.2 Å². The zero-order valence-corrected chi connectivity index (χ0v) is 12.1. The predicted molar refractivity (Wildman–Crippen MR) is 73.1 cm³/mol. The van der Waals surface area contributed by atoms with Crippen molar-refractivity contribution in [1.29, 1.82) is 0 Å². The molecule has 0 saturated carbocycles. The van der Waals surface area contributed by atoms with E-state index in [-0.39, 0.29) is 10.7 Å². The smallest absolute Gasteiger partial charge is 0.251 e. The summed E-state index contributed by atoms with van der Waals surface area (Å²) in [6.45, 7) is 2.95. The number of hydrogen-bond donors (Lipinski definition) is 1. The SMILES string of the molecule is COCC(Br)CNC(=O)c1ccc(Cl)c(C)c1. The number of ether oxygens (including phenoxy) is 1. The van der Waals surface area contributed by atoms with Gasteiger partial charge < -0.3 is 10.1 Å². The van der Waals surface area contributed by atoms with Gasteiger partial charge in [0.15, 0.2) is 0 Å². The Bertz CT molecular complexity index is 398. The monoisotopic (exact) mass is 319 g/mol. The molecule has 0 aliphatic rings. The summed E-state index contributed by atoms with van der Waals surface area (Å²) in [5.74, 6) is -0.106. The Balaban J connectivity index is 2.55. The minimum absolute atomic E-state index is 0.106. The van der Waals surface area contributed by atoms with Crippen LogP contribution < -0.4 is 5.32 Å². The lowest BCUT2D eigenvalue weighted by molar-refractivity contribution is 0.0950. The number of rotatable bonds is 5. The van der Waals surface area contributed by atoms with Crippen molar-refractivity contribution < 1.29 is 9.53 Å². The second-order valence-electron chi connectivity index (χ2n) is 3.73. The van der Waals surface area contributed by atoms with Crippen molar-refractivity contribution in [2.45, 2.75) is 11.8 Å². The molecule has 0 bridgehead atoms. The van der Waals surface area contributed by atoms with Gasteiger partial charge in [0.2, 0.25) is 0 Å². The Morgan fingerprint density at radius 3 is 2.88 bits per heavy atom. The van der Waals surface area contributed by atoms with Gasteiger partial charge in [0.1, 0.15) is 0 Å². The molecule has 1 rings (SSSR count). The minimum Gasteiger partial charge on any atom is -0.383 e. The zero-order valence-electron chi connectivity index (χ0n) is 9.80. The number of carbonyl (C=O) groups excluding carboxylic acids is 1. The maximum absolute atomic E-state index is 11.8. The fraction of sp³-hybridized carbons (Fsp3) is 0.417. The summed E-state index contributed by atoms with van der Waals surface area (Å²) in [6, 6.07) is 5.22. The summed E-state index contributed by atoms with van der Waals surface area (Å²) >= 11 is 9.30. The van der Waals surface area contributed by atoms with E-state index in [1.807, 2.05) is 6.92 Å². The second-order valence-corrected chi connectivity index (χ2v) is 5.43. The molecule has 17 heavy (non-hydrogen) atoms. The Labute approximate surface area is 115 Å². The largest absolute Gasteiger partial charge is 0.383 e. The molecule has 0 spiro atoms. The summed E-state index contributed by atoms with van der Waals surface area (Å²) < 4.78 is 4.96. The molecule has 1 aromatic rings. The minimum atomic E-state index is -0.106. The van der Waals surface area contributed by atoms with E-state index in [4.69, 9.17) is 16.3 Å². The van der Waals surface area contributed by atoms with Crippen molar-refractivity contribution >= 4 is 33.4 Å². The number of amides is 1. The first-order valence-electron chi connectivity index (χ1n) is 5.22. The number of methoxy groups -OCH3 is 1. The van der Waals surface area contributed by atoms with Crippen LogP contribution in [0.2, 0.25) is 5.02 Å². The standard InChI is InChI=1S/C12H15BrClNO2/c1-8-5-9(3-4-11(8)14)12(16)15-6-10(13)7-17-2/h3-5,10H,6-7H2,1-2H3,(H,15,16). The van der Waals surface area contributed by atoms with Crippen LogP contribution in [0.5, 0.6) is 0 Å². The summed E-state index contributed by atoms with van der Waals surface area (Å²) in [6.07, 6.45) is 0. The van der Waals surface area contributed by atoms with Crippen LogP contribution in [-0.4, -0.2) is 31.0 Å². The van der Waals surface area contributed by atoms with Crippen LogP contribution in [0, 0.1) is 6.92 Å². The van der Waals surface area contributed by atoms with Gasteiger partial charge in [-0.05, 0) is 30.7 Å². The van der Waals surface area contributed by atoms with Crippen molar-refractivity contribution in [3.63, 3.8) is 0 Å². The van der Waals surface area contributed by atoms with Crippen LogP contribution in [0.4, 0.5) is 0 Å². The van der Waals surface area contributed by atoms with Crippen molar-refractivity contribution in [2.75, 3.05) is 20.3 Å². The first-order valence-corrected chi connectivity index (χ1v) is 6.51. The quantitative estimate of drug-likeness (QED) is 0.847. The third kappa shape index (κ3) is 4.66. The van der Waals surface area contributed by atoms with Crippen molar-refractivity contribution in [2.24, 2.45) is 0 Å². The molecule has 1 unspecified atom stereocenters. The van der Waals surface area contributed by atoms with Gasteiger partial charge >= 0.3 is 0 Å². The number of aryl methyl sites for hydroxylation is 1. The fourth-order valence-electron chi connectivity index (χ4n) is 1.33. The molecule has 94 valence electrons. The van der Waals surface area contributed by atoms with Crippen molar-refractivity contribution in [1.82, 2.24) is 5.32 Å². The third-order valence-corrected chi connectivity index (χ3v) is 3.26. The van der Waals surface area contributed by atoms with Crippen LogP contribution in [0.15, 0.2) is 18.2 Å². The maximum Gasteiger partial charge on any atom is 0.251 e. The number of benzene rings is 1. The van der Waals surface area contributed by atoms with Gasteiger partial charge in [-0.15, -0.1) is 0 Å². The summed E-state index contributed by atoms with van der Waals surface area (Å²) in [7, 11) is 1.62. The van der Waals surface area contributed by atoms with E-state index in [1.165, 1.54) is 0 Å². The van der Waals surface area contributed by atoms with Crippen LogP contribution in [0.1, 0.15) is 15.9 Å². The molecule has 0 saturated heterocycles. The highest BCUT2D eigenvalue weighted by Gasteiger charge is 2.09. The van der Waals surface area contributed by atoms with Crippen LogP contribution in [-0.2, 0) is 4.74 Å². The Morgan fingerprint density at radius 1 is 1.59 bits per heavy atom. The highest BCUT2D eigenvalue weighted by molar-refractivity contribution is 9.09. The zero-order chi connectivity index (χ0) is 12.8. The van der Waals surface area contributed by atoms with Gasteiger partial charge in [-0.2, -0.15) is 0 Å². The number of halogens is 2. The van der Waals surface area contributed by atoms with E-state index >= 15 is 0 Å². The number of nitrogens with one attached hydrogen (secondary N) is 1.